The predicted octanol–water partition coefficient (Wildman–Crippen LogP) is 2.42. The molecule has 1 heterocycles. The monoisotopic (exact) mass is 165 g/mol. The van der Waals surface area contributed by atoms with Crippen LogP contribution in [0.4, 0.5) is 0 Å². The highest BCUT2D eigenvalue weighted by Crippen LogP contribution is 2.25. The summed E-state index contributed by atoms with van der Waals surface area (Å²) in [6.07, 6.45) is 6.98. The zero-order valence-corrected chi connectivity index (χ0v) is 7.83. The fraction of sp³-hybridized carbons (Fsp3) is 0.444. The summed E-state index contributed by atoms with van der Waals surface area (Å²) in [7, 11) is 0. The van der Waals surface area contributed by atoms with Crippen molar-refractivity contribution in [3.8, 4) is 12.3 Å². The van der Waals surface area contributed by atoms with Crippen LogP contribution in [0.25, 0.3) is 0 Å². The molecule has 0 unspecified atom stereocenters. The summed E-state index contributed by atoms with van der Waals surface area (Å²) in [6.45, 7) is 6.39. The van der Waals surface area contributed by atoms with E-state index < -0.39 is 0 Å². The molecule has 0 radical (unpaired) electrons. The molecule has 0 saturated carbocycles. The average Bonchev–Trinajstić information content (AvgIpc) is 2.32. The minimum absolute atomic E-state index is 0.125. The van der Waals surface area contributed by atoms with E-state index >= 15 is 0 Å². The van der Waals surface area contributed by atoms with Gasteiger partial charge in [0.15, 0.2) is 0 Å². The van der Waals surface area contributed by atoms with E-state index in [0.717, 1.165) is 9.88 Å². The number of terminal acetylenes is 1. The fourth-order valence-electron chi connectivity index (χ4n) is 0.688. The van der Waals surface area contributed by atoms with Crippen molar-refractivity contribution >= 4 is 11.3 Å². The van der Waals surface area contributed by atoms with Crippen LogP contribution in [-0.4, -0.2) is 4.98 Å². The lowest BCUT2D eigenvalue weighted by molar-refractivity contribution is 0.585. The van der Waals surface area contributed by atoms with Crippen molar-refractivity contribution in [1.82, 2.24) is 4.98 Å². The number of hydrogen-bond acceptors (Lipinski definition) is 2. The molecule has 0 aromatic carbocycles. The van der Waals surface area contributed by atoms with E-state index in [2.05, 4.69) is 31.7 Å². The van der Waals surface area contributed by atoms with Gasteiger partial charge in [0, 0.05) is 5.41 Å². The van der Waals surface area contributed by atoms with E-state index in [1.54, 1.807) is 17.5 Å². The van der Waals surface area contributed by atoms with Gasteiger partial charge in [-0.05, 0) is 0 Å². The Morgan fingerprint density at radius 3 is 2.45 bits per heavy atom. The molecule has 0 bridgehead atoms. The maximum atomic E-state index is 5.23. The minimum Gasteiger partial charge on any atom is -0.248 e. The molecule has 1 rings (SSSR count). The average molecular weight is 165 g/mol. The van der Waals surface area contributed by atoms with Crippen molar-refractivity contribution in [3.05, 3.63) is 16.1 Å². The quantitative estimate of drug-likeness (QED) is 0.538. The number of thiazole rings is 1. The van der Waals surface area contributed by atoms with Crippen molar-refractivity contribution in [2.24, 2.45) is 0 Å². The van der Waals surface area contributed by atoms with Gasteiger partial charge in [0.2, 0.25) is 0 Å². The summed E-state index contributed by atoms with van der Waals surface area (Å²) in [5.41, 5.74) is 0.125. The summed E-state index contributed by atoms with van der Waals surface area (Å²) in [5.74, 6) is 2.58. The van der Waals surface area contributed by atoms with Crippen molar-refractivity contribution in [1.29, 1.82) is 0 Å². The first kappa shape index (κ1) is 8.29. The van der Waals surface area contributed by atoms with Crippen LogP contribution in [-0.2, 0) is 5.41 Å². The van der Waals surface area contributed by atoms with Crippen LogP contribution < -0.4 is 0 Å². The number of hydrogen-bond donors (Lipinski definition) is 0. The van der Waals surface area contributed by atoms with E-state index in [-0.39, 0.29) is 5.41 Å². The Labute approximate surface area is 71.5 Å². The van der Waals surface area contributed by atoms with E-state index in [1.165, 1.54) is 0 Å². The molecule has 0 aliphatic rings. The van der Waals surface area contributed by atoms with Gasteiger partial charge in [0.1, 0.15) is 0 Å². The van der Waals surface area contributed by atoms with Crippen molar-refractivity contribution in [3.63, 3.8) is 0 Å². The molecule has 0 amide bonds. The van der Waals surface area contributed by atoms with Gasteiger partial charge in [-0.1, -0.05) is 26.7 Å². The van der Waals surface area contributed by atoms with Crippen LogP contribution in [0.3, 0.4) is 0 Å². The molecule has 0 atom stereocenters. The van der Waals surface area contributed by atoms with Gasteiger partial charge in [-0.2, -0.15) is 0 Å². The van der Waals surface area contributed by atoms with Crippen molar-refractivity contribution in [2.75, 3.05) is 0 Å². The topological polar surface area (TPSA) is 12.9 Å². The van der Waals surface area contributed by atoms with E-state index in [4.69, 9.17) is 6.42 Å². The number of aromatic nitrogens is 1. The lowest BCUT2D eigenvalue weighted by Gasteiger charge is -2.13. The van der Waals surface area contributed by atoms with E-state index in [9.17, 15) is 0 Å². The third-order valence-corrected chi connectivity index (χ3v) is 2.64. The molecule has 1 aromatic rings. The summed E-state index contributed by atoms with van der Waals surface area (Å²) in [6, 6.07) is 0. The minimum atomic E-state index is 0.125. The van der Waals surface area contributed by atoms with Crippen molar-refractivity contribution < 1.29 is 0 Å². The first-order valence-electron chi connectivity index (χ1n) is 3.47. The summed E-state index contributed by atoms with van der Waals surface area (Å²) in [4.78, 5) is 5.15. The first-order valence-corrected chi connectivity index (χ1v) is 4.28. The SMILES string of the molecule is C#Cc1cnc(C(C)(C)C)s1. The maximum absolute atomic E-state index is 5.23. The van der Waals surface area contributed by atoms with Gasteiger partial charge >= 0.3 is 0 Å². The lowest BCUT2D eigenvalue weighted by Crippen LogP contribution is -2.09. The molecule has 0 N–H and O–H groups in total. The van der Waals surface area contributed by atoms with Crippen LogP contribution in [0.15, 0.2) is 6.20 Å². The normalized spacial score (nSPS) is 11.1. The standard InChI is InChI=1S/C9H11NS/c1-5-7-6-10-8(11-7)9(2,3)4/h1,6H,2-4H3. The molecule has 11 heavy (non-hydrogen) atoms. The lowest BCUT2D eigenvalue weighted by atomic mass is 9.98. The molecule has 0 saturated heterocycles. The van der Waals surface area contributed by atoms with Crippen LogP contribution >= 0.6 is 11.3 Å². The van der Waals surface area contributed by atoms with Crippen LogP contribution in [0.5, 0.6) is 0 Å². The molecule has 2 heteroatoms. The molecular formula is C9H11NS. The summed E-state index contributed by atoms with van der Waals surface area (Å²) >= 11 is 1.59. The summed E-state index contributed by atoms with van der Waals surface area (Å²) < 4.78 is 0. The van der Waals surface area contributed by atoms with Gasteiger partial charge in [-0.25, -0.2) is 4.98 Å². The second-order valence-corrected chi connectivity index (χ2v) is 4.45. The van der Waals surface area contributed by atoms with Crippen LogP contribution in [0.1, 0.15) is 30.7 Å². The van der Waals surface area contributed by atoms with Crippen LogP contribution in [0, 0.1) is 12.3 Å². The molecule has 0 aliphatic carbocycles. The molecule has 1 aromatic heterocycles. The molecule has 0 fully saturated rings. The van der Waals surface area contributed by atoms with Gasteiger partial charge in [-0.15, -0.1) is 17.8 Å². The number of nitrogens with zero attached hydrogens (tertiary/aromatic N) is 1. The van der Waals surface area contributed by atoms with E-state index in [1.807, 2.05) is 0 Å². The Bertz CT molecular complexity index is 285. The Morgan fingerprint density at radius 2 is 2.18 bits per heavy atom. The third kappa shape index (κ3) is 1.81. The highest BCUT2D eigenvalue weighted by Gasteiger charge is 2.17. The maximum Gasteiger partial charge on any atom is 0.0991 e. The highest BCUT2D eigenvalue weighted by atomic mass is 32.1. The van der Waals surface area contributed by atoms with Crippen molar-refractivity contribution in [2.45, 2.75) is 26.2 Å². The van der Waals surface area contributed by atoms with E-state index in [0.29, 0.717) is 0 Å². The molecule has 58 valence electrons. The molecule has 0 aliphatic heterocycles. The predicted molar refractivity (Wildman–Crippen MR) is 48.7 cm³/mol. The largest absolute Gasteiger partial charge is 0.248 e. The summed E-state index contributed by atoms with van der Waals surface area (Å²) in [5, 5.41) is 1.10. The van der Waals surface area contributed by atoms with Gasteiger partial charge < -0.3 is 0 Å². The second-order valence-electron chi connectivity index (χ2n) is 3.42. The highest BCUT2D eigenvalue weighted by molar-refractivity contribution is 7.12. The third-order valence-electron chi connectivity index (χ3n) is 1.29. The second kappa shape index (κ2) is 2.67. The Morgan fingerprint density at radius 1 is 1.55 bits per heavy atom. The Kier molecular flexibility index (Phi) is 2.01. The number of rotatable bonds is 0. The first-order chi connectivity index (χ1) is 5.04. The molecular weight excluding hydrogens is 154 g/mol. The Hall–Kier alpha value is -0.810. The fourth-order valence-corrected chi connectivity index (χ4v) is 1.47. The van der Waals surface area contributed by atoms with Gasteiger partial charge in [-0.3, -0.25) is 0 Å². The zero-order valence-electron chi connectivity index (χ0n) is 7.01. The Balaban J connectivity index is 3.01. The van der Waals surface area contributed by atoms with Gasteiger partial charge in [0.25, 0.3) is 0 Å². The van der Waals surface area contributed by atoms with Crippen LogP contribution in [0.2, 0.25) is 0 Å². The molecule has 1 nitrogen and oxygen atoms in total. The zero-order chi connectivity index (χ0) is 8.48. The smallest absolute Gasteiger partial charge is 0.0991 e. The molecule has 0 spiro atoms. The van der Waals surface area contributed by atoms with Gasteiger partial charge in [0.05, 0.1) is 16.1 Å².